The Labute approximate surface area is 102 Å². The topological polar surface area (TPSA) is 54.1 Å². The van der Waals surface area contributed by atoms with Gasteiger partial charge in [0.1, 0.15) is 5.71 Å². The van der Waals surface area contributed by atoms with Crippen LogP contribution in [0.2, 0.25) is 0 Å². The summed E-state index contributed by atoms with van der Waals surface area (Å²) >= 11 is 0. The van der Waals surface area contributed by atoms with Crippen molar-refractivity contribution in [2.75, 3.05) is 0 Å². The van der Waals surface area contributed by atoms with E-state index in [4.69, 9.17) is 0 Å². The van der Waals surface area contributed by atoms with Crippen LogP contribution in [0.4, 0.5) is 0 Å². The van der Waals surface area contributed by atoms with Crippen molar-refractivity contribution >= 4 is 28.5 Å². The Bertz CT molecular complexity index is 800. The van der Waals surface area contributed by atoms with Crippen LogP contribution in [0, 0.1) is 0 Å². The lowest BCUT2D eigenvalue weighted by Gasteiger charge is -2.05. The molecular formula is C14H7N3O. The molecule has 2 aromatic carbocycles. The van der Waals surface area contributed by atoms with E-state index in [1.165, 1.54) is 0 Å². The molecular weight excluding hydrogens is 226 g/mol. The molecule has 1 aliphatic heterocycles. The summed E-state index contributed by atoms with van der Waals surface area (Å²) in [5, 5.41) is 13.2. The Kier molecular flexibility index (Phi) is 1.67. The standard InChI is InChI=1S/C14H7N3O/c18-14-12-7-10-5-8-3-1-2-4-9(8)6-11(10)13(12)15-17-16-14/h1-7H. The molecule has 2 aliphatic rings. The van der Waals surface area contributed by atoms with Crippen LogP contribution in [0.3, 0.4) is 0 Å². The Morgan fingerprint density at radius 2 is 1.78 bits per heavy atom. The maximum Gasteiger partial charge on any atom is 0.299 e. The van der Waals surface area contributed by atoms with Crippen LogP contribution >= 0.6 is 0 Å². The summed E-state index contributed by atoms with van der Waals surface area (Å²) in [6.07, 6.45) is 1.83. The third-order valence-electron chi connectivity index (χ3n) is 3.24. The molecule has 4 nitrogen and oxygen atoms in total. The normalized spacial score (nSPS) is 16.3. The van der Waals surface area contributed by atoms with E-state index in [0.717, 1.165) is 21.9 Å². The average Bonchev–Trinajstić information content (AvgIpc) is 2.76. The predicted octanol–water partition coefficient (Wildman–Crippen LogP) is 2.93. The fourth-order valence-electron chi connectivity index (χ4n) is 2.38. The van der Waals surface area contributed by atoms with Crippen molar-refractivity contribution in [2.45, 2.75) is 0 Å². The summed E-state index contributed by atoms with van der Waals surface area (Å²) in [6.45, 7) is 0. The number of hydrogen-bond donors (Lipinski definition) is 0. The first-order valence-electron chi connectivity index (χ1n) is 5.61. The Hall–Kier alpha value is -2.62. The number of rotatable bonds is 0. The van der Waals surface area contributed by atoms with Gasteiger partial charge in [-0.15, -0.1) is 5.10 Å². The lowest BCUT2D eigenvalue weighted by molar-refractivity contribution is -0.114. The van der Waals surface area contributed by atoms with E-state index in [1.807, 2.05) is 30.3 Å². The lowest BCUT2D eigenvalue weighted by Crippen LogP contribution is -2.11. The van der Waals surface area contributed by atoms with Crippen LogP contribution < -0.4 is 0 Å². The van der Waals surface area contributed by atoms with E-state index in [2.05, 4.69) is 27.6 Å². The highest BCUT2D eigenvalue weighted by Crippen LogP contribution is 2.32. The van der Waals surface area contributed by atoms with Crippen molar-refractivity contribution in [1.29, 1.82) is 0 Å². The van der Waals surface area contributed by atoms with Gasteiger partial charge in [-0.1, -0.05) is 29.4 Å². The number of nitrogens with zero attached hydrogens (tertiary/aromatic N) is 3. The smallest absolute Gasteiger partial charge is 0.265 e. The monoisotopic (exact) mass is 233 g/mol. The molecule has 0 aromatic heterocycles. The SMILES string of the molecule is O=C1N=NN=C2C1=Cc1cc3ccccc3cc12. The third-order valence-corrected chi connectivity index (χ3v) is 3.24. The van der Waals surface area contributed by atoms with E-state index in [9.17, 15) is 4.79 Å². The molecule has 0 saturated heterocycles. The maximum atomic E-state index is 11.6. The van der Waals surface area contributed by atoms with Gasteiger partial charge in [0.15, 0.2) is 0 Å². The molecule has 1 amide bonds. The van der Waals surface area contributed by atoms with Crippen LogP contribution in [-0.2, 0) is 4.79 Å². The van der Waals surface area contributed by atoms with Gasteiger partial charge in [0, 0.05) is 5.56 Å². The predicted molar refractivity (Wildman–Crippen MR) is 68.3 cm³/mol. The Morgan fingerprint density at radius 3 is 2.61 bits per heavy atom. The van der Waals surface area contributed by atoms with Crippen LogP contribution in [0.1, 0.15) is 11.1 Å². The van der Waals surface area contributed by atoms with Gasteiger partial charge in [-0.25, -0.2) is 0 Å². The molecule has 0 radical (unpaired) electrons. The molecule has 0 spiro atoms. The molecule has 0 saturated carbocycles. The molecule has 1 aliphatic carbocycles. The van der Waals surface area contributed by atoms with Gasteiger partial charge in [0.2, 0.25) is 0 Å². The van der Waals surface area contributed by atoms with E-state index < -0.39 is 0 Å². The Balaban J connectivity index is 2.05. The molecule has 0 fully saturated rings. The van der Waals surface area contributed by atoms with Gasteiger partial charge in [-0.2, -0.15) is 0 Å². The number of amides is 1. The molecule has 0 atom stereocenters. The van der Waals surface area contributed by atoms with Gasteiger partial charge in [0.25, 0.3) is 5.91 Å². The zero-order valence-corrected chi connectivity index (χ0v) is 9.29. The van der Waals surface area contributed by atoms with Gasteiger partial charge in [-0.05, 0) is 39.8 Å². The second-order valence-corrected chi connectivity index (χ2v) is 4.29. The molecule has 4 heteroatoms. The van der Waals surface area contributed by atoms with E-state index in [0.29, 0.717) is 11.3 Å². The van der Waals surface area contributed by atoms with E-state index >= 15 is 0 Å². The van der Waals surface area contributed by atoms with Crippen LogP contribution in [-0.4, -0.2) is 11.6 Å². The van der Waals surface area contributed by atoms with Gasteiger partial charge >= 0.3 is 0 Å². The quantitative estimate of drug-likeness (QED) is 0.690. The van der Waals surface area contributed by atoms with Crippen molar-refractivity contribution in [2.24, 2.45) is 15.4 Å². The minimum Gasteiger partial charge on any atom is -0.265 e. The Morgan fingerprint density at radius 1 is 1.00 bits per heavy atom. The zero-order valence-electron chi connectivity index (χ0n) is 9.29. The summed E-state index contributed by atoms with van der Waals surface area (Å²) < 4.78 is 0. The van der Waals surface area contributed by atoms with Crippen molar-refractivity contribution in [3.05, 3.63) is 53.1 Å². The number of hydrogen-bond acceptors (Lipinski definition) is 3. The average molecular weight is 233 g/mol. The highest BCUT2D eigenvalue weighted by atomic mass is 16.2. The number of carbonyl (C=O) groups excluding carboxylic acids is 1. The summed E-state index contributed by atoms with van der Waals surface area (Å²) in [6, 6.07) is 12.2. The minimum absolute atomic E-state index is 0.319. The molecule has 0 unspecified atom stereocenters. The largest absolute Gasteiger partial charge is 0.299 e. The molecule has 2 aromatic rings. The molecule has 84 valence electrons. The lowest BCUT2D eigenvalue weighted by atomic mass is 10.0. The van der Waals surface area contributed by atoms with E-state index in [-0.39, 0.29) is 5.91 Å². The van der Waals surface area contributed by atoms with Gasteiger partial charge in [0.05, 0.1) is 5.57 Å². The highest BCUT2D eigenvalue weighted by molar-refractivity contribution is 6.35. The first-order valence-corrected chi connectivity index (χ1v) is 5.61. The third kappa shape index (κ3) is 1.14. The second kappa shape index (κ2) is 3.20. The van der Waals surface area contributed by atoms with Crippen molar-refractivity contribution < 1.29 is 4.79 Å². The maximum absolute atomic E-state index is 11.6. The summed E-state index contributed by atoms with van der Waals surface area (Å²) in [5.74, 6) is -0.319. The van der Waals surface area contributed by atoms with Crippen LogP contribution in [0.5, 0.6) is 0 Å². The van der Waals surface area contributed by atoms with Crippen molar-refractivity contribution in [3.63, 3.8) is 0 Å². The summed E-state index contributed by atoms with van der Waals surface area (Å²) in [5.41, 5.74) is 3.13. The highest BCUT2D eigenvalue weighted by Gasteiger charge is 2.28. The minimum atomic E-state index is -0.319. The van der Waals surface area contributed by atoms with Crippen molar-refractivity contribution in [1.82, 2.24) is 0 Å². The van der Waals surface area contributed by atoms with Crippen molar-refractivity contribution in [3.8, 4) is 0 Å². The first kappa shape index (κ1) is 9.41. The fourth-order valence-corrected chi connectivity index (χ4v) is 2.38. The number of carbonyl (C=O) groups is 1. The molecule has 0 bridgehead atoms. The first-order chi connectivity index (χ1) is 8.83. The summed E-state index contributed by atoms with van der Waals surface area (Å²) in [7, 11) is 0. The van der Waals surface area contributed by atoms with Gasteiger partial charge in [-0.3, -0.25) is 4.79 Å². The number of fused-ring (bicyclic) bond motifs is 4. The fraction of sp³-hybridized carbons (Fsp3) is 0. The molecule has 4 rings (SSSR count). The second-order valence-electron chi connectivity index (χ2n) is 4.29. The van der Waals surface area contributed by atoms with Gasteiger partial charge < -0.3 is 0 Å². The number of benzene rings is 2. The molecule has 1 heterocycles. The van der Waals surface area contributed by atoms with E-state index in [1.54, 1.807) is 0 Å². The molecule has 18 heavy (non-hydrogen) atoms. The van der Waals surface area contributed by atoms with Crippen LogP contribution in [0.25, 0.3) is 16.8 Å². The molecule has 0 N–H and O–H groups in total. The van der Waals surface area contributed by atoms with Crippen LogP contribution in [0.15, 0.2) is 57.4 Å². The summed E-state index contributed by atoms with van der Waals surface area (Å²) in [4.78, 5) is 11.6. The zero-order chi connectivity index (χ0) is 12.1.